The SMILES string of the molecule is CC(C(=O)Nc1cccc(NC(=O)c2cccs2)c1)n1cccn1. The Labute approximate surface area is 143 Å². The summed E-state index contributed by atoms with van der Waals surface area (Å²) in [4.78, 5) is 25.0. The maximum Gasteiger partial charge on any atom is 0.265 e. The lowest BCUT2D eigenvalue weighted by Crippen LogP contribution is -2.24. The summed E-state index contributed by atoms with van der Waals surface area (Å²) in [6.45, 7) is 1.77. The van der Waals surface area contributed by atoms with Crippen LogP contribution in [0.2, 0.25) is 0 Å². The van der Waals surface area contributed by atoms with Crippen LogP contribution < -0.4 is 10.6 Å². The third kappa shape index (κ3) is 3.69. The number of amides is 2. The highest BCUT2D eigenvalue weighted by atomic mass is 32.1. The molecule has 7 heteroatoms. The van der Waals surface area contributed by atoms with Crippen LogP contribution in [-0.4, -0.2) is 21.6 Å². The fraction of sp³-hybridized carbons (Fsp3) is 0.118. The second kappa shape index (κ2) is 7.10. The molecule has 0 aliphatic rings. The van der Waals surface area contributed by atoms with Crippen LogP contribution in [-0.2, 0) is 4.79 Å². The second-order valence-corrected chi connectivity index (χ2v) is 6.11. The molecule has 2 N–H and O–H groups in total. The highest BCUT2D eigenvalue weighted by Gasteiger charge is 2.15. The summed E-state index contributed by atoms with van der Waals surface area (Å²) in [5.41, 5.74) is 1.24. The van der Waals surface area contributed by atoms with Gasteiger partial charge in [-0.2, -0.15) is 5.10 Å². The van der Waals surface area contributed by atoms with E-state index in [2.05, 4.69) is 15.7 Å². The summed E-state index contributed by atoms with van der Waals surface area (Å²) >= 11 is 1.38. The monoisotopic (exact) mass is 340 g/mol. The van der Waals surface area contributed by atoms with E-state index in [4.69, 9.17) is 0 Å². The van der Waals surface area contributed by atoms with E-state index in [1.807, 2.05) is 11.4 Å². The third-order valence-corrected chi connectivity index (χ3v) is 4.30. The first-order chi connectivity index (χ1) is 11.6. The van der Waals surface area contributed by atoms with Crippen LogP contribution in [0.1, 0.15) is 22.6 Å². The van der Waals surface area contributed by atoms with Gasteiger partial charge in [0.1, 0.15) is 6.04 Å². The molecule has 1 unspecified atom stereocenters. The van der Waals surface area contributed by atoms with Gasteiger partial charge in [0.15, 0.2) is 0 Å². The molecule has 24 heavy (non-hydrogen) atoms. The zero-order chi connectivity index (χ0) is 16.9. The van der Waals surface area contributed by atoms with Gasteiger partial charge in [0.25, 0.3) is 5.91 Å². The van der Waals surface area contributed by atoms with E-state index in [9.17, 15) is 9.59 Å². The van der Waals surface area contributed by atoms with Gasteiger partial charge >= 0.3 is 0 Å². The number of thiophene rings is 1. The number of rotatable bonds is 5. The first-order valence-corrected chi connectivity index (χ1v) is 8.26. The van der Waals surface area contributed by atoms with Crippen molar-refractivity contribution in [2.75, 3.05) is 10.6 Å². The van der Waals surface area contributed by atoms with Gasteiger partial charge in [0.2, 0.25) is 5.91 Å². The van der Waals surface area contributed by atoms with Gasteiger partial charge in [-0.3, -0.25) is 14.3 Å². The van der Waals surface area contributed by atoms with Gasteiger partial charge in [0.05, 0.1) is 4.88 Å². The quantitative estimate of drug-likeness (QED) is 0.747. The summed E-state index contributed by atoms with van der Waals surface area (Å²) in [6, 6.07) is 12.0. The van der Waals surface area contributed by atoms with E-state index < -0.39 is 6.04 Å². The largest absolute Gasteiger partial charge is 0.324 e. The van der Waals surface area contributed by atoms with Crippen molar-refractivity contribution in [3.8, 4) is 0 Å². The van der Waals surface area contributed by atoms with E-state index in [1.54, 1.807) is 60.4 Å². The van der Waals surface area contributed by atoms with Gasteiger partial charge in [-0.15, -0.1) is 11.3 Å². The number of nitrogens with zero attached hydrogens (tertiary/aromatic N) is 2. The van der Waals surface area contributed by atoms with Crippen molar-refractivity contribution in [3.63, 3.8) is 0 Å². The van der Waals surface area contributed by atoms with Crippen molar-refractivity contribution in [3.05, 3.63) is 65.1 Å². The average Bonchev–Trinajstić information content (AvgIpc) is 3.28. The normalized spacial score (nSPS) is 11.7. The molecule has 3 rings (SSSR count). The Hall–Kier alpha value is -2.93. The predicted molar refractivity (Wildman–Crippen MR) is 94.3 cm³/mol. The van der Waals surface area contributed by atoms with Gasteiger partial charge in [0, 0.05) is 23.8 Å². The molecule has 2 aromatic heterocycles. The molecule has 0 radical (unpaired) electrons. The molecule has 122 valence electrons. The van der Waals surface area contributed by atoms with Crippen LogP contribution >= 0.6 is 11.3 Å². The zero-order valence-corrected chi connectivity index (χ0v) is 13.8. The predicted octanol–water partition coefficient (Wildman–Crippen LogP) is 3.40. The smallest absolute Gasteiger partial charge is 0.265 e. The Kier molecular flexibility index (Phi) is 4.72. The first-order valence-electron chi connectivity index (χ1n) is 7.38. The molecule has 0 aliphatic heterocycles. The number of benzene rings is 1. The highest BCUT2D eigenvalue weighted by molar-refractivity contribution is 7.12. The van der Waals surface area contributed by atoms with Crippen LogP contribution in [0, 0.1) is 0 Å². The summed E-state index contributed by atoms with van der Waals surface area (Å²) in [7, 11) is 0. The fourth-order valence-corrected chi connectivity index (χ4v) is 2.77. The summed E-state index contributed by atoms with van der Waals surface area (Å²) in [5.74, 6) is -0.348. The van der Waals surface area contributed by atoms with Crippen LogP contribution in [0.15, 0.2) is 60.2 Å². The van der Waals surface area contributed by atoms with E-state index in [-0.39, 0.29) is 11.8 Å². The van der Waals surface area contributed by atoms with E-state index in [0.29, 0.717) is 16.3 Å². The fourth-order valence-electron chi connectivity index (χ4n) is 2.15. The number of anilines is 2. The van der Waals surface area contributed by atoms with E-state index in [1.165, 1.54) is 11.3 Å². The molecule has 0 saturated heterocycles. The number of aromatic nitrogens is 2. The number of carbonyl (C=O) groups excluding carboxylic acids is 2. The lowest BCUT2D eigenvalue weighted by atomic mass is 10.2. The minimum Gasteiger partial charge on any atom is -0.324 e. The molecule has 2 amide bonds. The molecule has 6 nitrogen and oxygen atoms in total. The minimum atomic E-state index is -0.427. The highest BCUT2D eigenvalue weighted by Crippen LogP contribution is 2.18. The summed E-state index contributed by atoms with van der Waals surface area (Å²) < 4.78 is 1.58. The molecule has 1 atom stereocenters. The Morgan fingerprint density at radius 3 is 2.58 bits per heavy atom. The number of hydrogen-bond donors (Lipinski definition) is 2. The van der Waals surface area contributed by atoms with Crippen LogP contribution in [0.3, 0.4) is 0 Å². The second-order valence-electron chi connectivity index (χ2n) is 5.16. The molecule has 1 aromatic carbocycles. The van der Waals surface area contributed by atoms with Gasteiger partial charge in [-0.25, -0.2) is 0 Å². The molecule has 2 heterocycles. The standard InChI is InChI=1S/C17H16N4O2S/c1-12(21-9-4-8-18-21)16(22)19-13-5-2-6-14(11-13)20-17(23)15-7-3-10-24-15/h2-12H,1H3,(H,19,22)(H,20,23). The van der Waals surface area contributed by atoms with Crippen LogP contribution in [0.5, 0.6) is 0 Å². The Balaban J connectivity index is 1.67. The first kappa shape index (κ1) is 15.9. The Morgan fingerprint density at radius 2 is 1.92 bits per heavy atom. The zero-order valence-electron chi connectivity index (χ0n) is 13.0. The molecule has 0 spiro atoms. The van der Waals surface area contributed by atoms with Gasteiger partial charge < -0.3 is 10.6 Å². The Bertz CT molecular complexity index is 828. The number of carbonyl (C=O) groups is 2. The lowest BCUT2D eigenvalue weighted by Gasteiger charge is -2.13. The van der Waals surface area contributed by atoms with Crippen molar-refractivity contribution in [2.45, 2.75) is 13.0 Å². The van der Waals surface area contributed by atoms with Crippen molar-refractivity contribution in [1.82, 2.24) is 9.78 Å². The topological polar surface area (TPSA) is 76.0 Å². The maximum absolute atomic E-state index is 12.3. The lowest BCUT2D eigenvalue weighted by molar-refractivity contribution is -0.119. The van der Waals surface area contributed by atoms with Crippen molar-refractivity contribution in [2.24, 2.45) is 0 Å². The van der Waals surface area contributed by atoms with Gasteiger partial charge in [-0.1, -0.05) is 12.1 Å². The van der Waals surface area contributed by atoms with E-state index in [0.717, 1.165) is 0 Å². The Morgan fingerprint density at radius 1 is 1.12 bits per heavy atom. The molecule has 0 bridgehead atoms. The minimum absolute atomic E-state index is 0.168. The van der Waals surface area contributed by atoms with Crippen molar-refractivity contribution < 1.29 is 9.59 Å². The molecule has 0 fully saturated rings. The summed E-state index contributed by atoms with van der Waals surface area (Å²) in [5, 5.41) is 11.6. The van der Waals surface area contributed by atoms with Gasteiger partial charge in [-0.05, 0) is 42.6 Å². The maximum atomic E-state index is 12.3. The van der Waals surface area contributed by atoms with E-state index >= 15 is 0 Å². The molecule has 3 aromatic rings. The number of nitrogens with one attached hydrogen (secondary N) is 2. The molecule has 0 saturated carbocycles. The van der Waals surface area contributed by atoms with Crippen LogP contribution in [0.25, 0.3) is 0 Å². The molecular formula is C17H16N4O2S. The third-order valence-electron chi connectivity index (χ3n) is 3.43. The number of hydrogen-bond acceptors (Lipinski definition) is 4. The summed E-state index contributed by atoms with van der Waals surface area (Å²) in [6.07, 6.45) is 3.37. The molecule has 0 aliphatic carbocycles. The van der Waals surface area contributed by atoms with Crippen molar-refractivity contribution in [1.29, 1.82) is 0 Å². The molecular weight excluding hydrogens is 324 g/mol. The van der Waals surface area contributed by atoms with Crippen molar-refractivity contribution >= 4 is 34.5 Å². The van der Waals surface area contributed by atoms with Crippen LogP contribution in [0.4, 0.5) is 11.4 Å². The average molecular weight is 340 g/mol.